The number of hydrogen-bond acceptors (Lipinski definition) is 3. The van der Waals surface area contributed by atoms with Crippen LogP contribution in [-0.4, -0.2) is 25.4 Å². The molecule has 0 radical (unpaired) electrons. The summed E-state index contributed by atoms with van der Waals surface area (Å²) in [6, 6.07) is 9.94. The Morgan fingerprint density at radius 1 is 0.897 bits per heavy atom. The fourth-order valence-electron chi connectivity index (χ4n) is 5.45. The molecule has 0 N–H and O–H groups in total. The largest absolute Gasteiger partial charge is 0.618 e. The highest BCUT2D eigenvalue weighted by atomic mass is 16.5. The highest BCUT2D eigenvalue weighted by molar-refractivity contribution is 5.76. The number of fused-ring (bicyclic) bond motifs is 1. The van der Waals surface area contributed by atoms with Crippen molar-refractivity contribution < 1.29 is 14.2 Å². The molecule has 0 amide bonds. The van der Waals surface area contributed by atoms with Crippen molar-refractivity contribution in [2.45, 2.75) is 91.8 Å². The molecule has 0 aliphatic carbocycles. The minimum Gasteiger partial charge on any atom is -0.618 e. The van der Waals surface area contributed by atoms with Crippen LogP contribution < -0.4 is 4.73 Å². The Morgan fingerprint density at radius 2 is 1.51 bits per heavy atom. The number of aromatic nitrogens is 1. The molecule has 208 valence electrons. The van der Waals surface area contributed by atoms with Gasteiger partial charge in [-0.1, -0.05) is 59.2 Å². The van der Waals surface area contributed by atoms with Crippen LogP contribution in [0.2, 0.25) is 0 Å². The Labute approximate surface area is 235 Å². The Kier molecular flexibility index (Phi) is 10.4. The van der Waals surface area contributed by atoms with Crippen LogP contribution in [0.1, 0.15) is 77.5 Å². The lowest BCUT2D eigenvalue weighted by molar-refractivity contribution is -0.584. The molecule has 2 fully saturated rings. The summed E-state index contributed by atoms with van der Waals surface area (Å²) < 4.78 is 13.0. The van der Waals surface area contributed by atoms with Crippen molar-refractivity contribution in [2.75, 3.05) is 13.2 Å². The van der Waals surface area contributed by atoms with Crippen LogP contribution in [0.15, 0.2) is 88.6 Å². The Balaban J connectivity index is 1.20. The second-order valence-electron chi connectivity index (χ2n) is 11.5. The van der Waals surface area contributed by atoms with Gasteiger partial charge in [-0.15, -0.1) is 0 Å². The first-order chi connectivity index (χ1) is 18.8. The number of allylic oxidation sites excluding steroid dienone is 6. The van der Waals surface area contributed by atoms with Crippen molar-refractivity contribution in [3.8, 4) is 0 Å². The highest BCUT2D eigenvalue weighted by Crippen LogP contribution is 2.25. The smallest absolute Gasteiger partial charge is 0.223 e. The first kappa shape index (κ1) is 29.0. The van der Waals surface area contributed by atoms with E-state index in [1.165, 1.54) is 27.9 Å². The maximum absolute atomic E-state index is 12.6. The lowest BCUT2D eigenvalue weighted by Gasteiger charge is -2.09. The summed E-state index contributed by atoms with van der Waals surface area (Å²) >= 11 is 0. The van der Waals surface area contributed by atoms with E-state index in [2.05, 4.69) is 64.1 Å². The molecular weight excluding hydrogens is 482 g/mol. The first-order valence-electron chi connectivity index (χ1n) is 14.5. The van der Waals surface area contributed by atoms with E-state index in [9.17, 15) is 5.21 Å². The van der Waals surface area contributed by atoms with E-state index in [-0.39, 0.29) is 12.2 Å². The summed E-state index contributed by atoms with van der Waals surface area (Å²) in [7, 11) is 0. The molecule has 0 spiro atoms. The minimum atomic E-state index is 0.201. The third kappa shape index (κ3) is 8.52. The molecule has 4 heteroatoms. The number of nitrogens with zero attached hydrogens (tertiary/aromatic N) is 1. The topological polar surface area (TPSA) is 45.4 Å². The number of pyridine rings is 1. The van der Waals surface area contributed by atoms with E-state index in [1.54, 1.807) is 0 Å². The SMILES string of the molecule is CC(C)=CC1C/C(=C/CC/C(C)=C/C2C/C(=C/CC/C(C)=C/Cc3cc4ccccc4[n+]([O-])c3C)CO2)CO1. The normalized spacial score (nSPS) is 22.4. The second kappa shape index (κ2) is 13.9. The summed E-state index contributed by atoms with van der Waals surface area (Å²) in [4.78, 5) is 0. The van der Waals surface area contributed by atoms with Gasteiger partial charge < -0.3 is 14.7 Å². The van der Waals surface area contributed by atoms with Crippen LogP contribution in [0.3, 0.4) is 0 Å². The van der Waals surface area contributed by atoms with E-state index >= 15 is 0 Å². The lowest BCUT2D eigenvalue weighted by atomic mass is 10.0. The molecule has 39 heavy (non-hydrogen) atoms. The molecule has 0 saturated carbocycles. The molecule has 2 unspecified atom stereocenters. The van der Waals surface area contributed by atoms with Crippen LogP contribution in [0, 0.1) is 12.1 Å². The number of benzene rings is 1. The van der Waals surface area contributed by atoms with Crippen LogP contribution >= 0.6 is 0 Å². The van der Waals surface area contributed by atoms with Crippen LogP contribution in [0.4, 0.5) is 0 Å². The van der Waals surface area contributed by atoms with Crippen molar-refractivity contribution in [1.29, 1.82) is 0 Å². The van der Waals surface area contributed by atoms with E-state index in [1.807, 2.05) is 31.2 Å². The third-order valence-corrected chi connectivity index (χ3v) is 7.75. The van der Waals surface area contributed by atoms with Gasteiger partial charge >= 0.3 is 0 Å². The van der Waals surface area contributed by atoms with Crippen LogP contribution in [0.25, 0.3) is 10.9 Å². The summed E-state index contributed by atoms with van der Waals surface area (Å²) in [5.74, 6) is 0. The molecule has 1 aromatic carbocycles. The average molecular weight is 528 g/mol. The van der Waals surface area contributed by atoms with Crippen LogP contribution in [0.5, 0.6) is 0 Å². The molecule has 2 aliphatic rings. The average Bonchev–Trinajstić information content (AvgIpc) is 3.54. The van der Waals surface area contributed by atoms with Crippen molar-refractivity contribution in [3.05, 3.63) is 105 Å². The highest BCUT2D eigenvalue weighted by Gasteiger charge is 2.19. The Morgan fingerprint density at radius 3 is 2.18 bits per heavy atom. The van der Waals surface area contributed by atoms with Gasteiger partial charge in [0.2, 0.25) is 5.52 Å². The van der Waals surface area contributed by atoms with Gasteiger partial charge in [-0.25, -0.2) is 0 Å². The fraction of sp³-hybridized carbons (Fsp3) is 0.457. The van der Waals surface area contributed by atoms with Crippen LogP contribution in [-0.2, 0) is 15.9 Å². The lowest BCUT2D eigenvalue weighted by Crippen LogP contribution is -2.32. The molecule has 2 aromatic rings. The second-order valence-corrected chi connectivity index (χ2v) is 11.5. The monoisotopic (exact) mass is 527 g/mol. The van der Waals surface area contributed by atoms with Gasteiger partial charge in [0.05, 0.1) is 25.4 Å². The Bertz CT molecular complexity index is 1310. The maximum atomic E-state index is 12.6. The predicted molar refractivity (Wildman–Crippen MR) is 162 cm³/mol. The van der Waals surface area contributed by atoms with Gasteiger partial charge in [0, 0.05) is 36.8 Å². The number of ether oxygens (including phenoxy) is 2. The summed E-state index contributed by atoms with van der Waals surface area (Å²) in [5.41, 5.74) is 9.53. The van der Waals surface area contributed by atoms with E-state index in [0.717, 1.165) is 85.1 Å². The summed E-state index contributed by atoms with van der Waals surface area (Å²) in [5, 5.41) is 13.6. The van der Waals surface area contributed by atoms with Crippen molar-refractivity contribution >= 4 is 10.9 Å². The molecule has 1 aromatic heterocycles. The molecule has 3 heterocycles. The third-order valence-electron chi connectivity index (χ3n) is 7.75. The standard InChI is InChI=1S/C35H45NO3/c1-25(2)18-33-20-29(23-38-33)13-9-11-27(4)19-34-21-30(24-39-34)12-8-10-26(3)16-17-31-22-32-14-6-7-15-35(32)36(37)28(31)5/h6-7,12-16,18-19,22,33-34H,8-11,17,20-21,23-24H2,1-5H3/b26-16+,27-19+,29-13-,30-12-. The molecule has 0 bridgehead atoms. The van der Waals surface area contributed by atoms with Gasteiger partial charge in [-0.2, -0.15) is 4.73 Å². The number of hydrogen-bond donors (Lipinski definition) is 0. The van der Waals surface area contributed by atoms with E-state index < -0.39 is 0 Å². The fourth-order valence-corrected chi connectivity index (χ4v) is 5.45. The summed E-state index contributed by atoms with van der Waals surface area (Å²) in [6.45, 7) is 12.1. The Hall–Kier alpha value is -2.95. The van der Waals surface area contributed by atoms with E-state index in [4.69, 9.17) is 9.47 Å². The quantitative estimate of drug-likeness (QED) is 0.178. The van der Waals surface area contributed by atoms with E-state index in [0.29, 0.717) is 0 Å². The van der Waals surface area contributed by atoms with Gasteiger partial charge in [0.25, 0.3) is 0 Å². The molecule has 2 saturated heterocycles. The zero-order valence-corrected chi connectivity index (χ0v) is 24.5. The predicted octanol–water partition coefficient (Wildman–Crippen LogP) is 8.17. The number of para-hydroxylation sites is 1. The van der Waals surface area contributed by atoms with Gasteiger partial charge in [0.1, 0.15) is 0 Å². The molecular formula is C35H45NO3. The van der Waals surface area contributed by atoms with Crippen molar-refractivity contribution in [2.24, 2.45) is 0 Å². The molecule has 4 rings (SSSR count). The van der Waals surface area contributed by atoms with Crippen molar-refractivity contribution in [1.82, 2.24) is 0 Å². The minimum absolute atomic E-state index is 0.201. The zero-order valence-electron chi connectivity index (χ0n) is 24.5. The zero-order chi connectivity index (χ0) is 27.8. The molecule has 2 atom stereocenters. The molecule has 2 aliphatic heterocycles. The van der Waals surface area contributed by atoms with Crippen molar-refractivity contribution in [3.63, 3.8) is 0 Å². The van der Waals surface area contributed by atoms with Gasteiger partial charge in [0.15, 0.2) is 5.69 Å². The first-order valence-corrected chi connectivity index (χ1v) is 14.5. The maximum Gasteiger partial charge on any atom is 0.223 e. The number of rotatable bonds is 10. The van der Waals surface area contributed by atoms with Gasteiger partial charge in [-0.3, -0.25) is 0 Å². The van der Waals surface area contributed by atoms with Gasteiger partial charge in [-0.05, 0) is 83.1 Å². The summed E-state index contributed by atoms with van der Waals surface area (Å²) in [6.07, 6.45) is 19.0. The molecule has 4 nitrogen and oxygen atoms in total.